The Morgan fingerprint density at radius 1 is 1.20 bits per heavy atom. The van der Waals surface area contributed by atoms with Gasteiger partial charge >= 0.3 is 5.97 Å². The van der Waals surface area contributed by atoms with Crippen molar-refractivity contribution >= 4 is 5.97 Å². The molecule has 2 N–H and O–H groups in total. The van der Waals surface area contributed by atoms with Crippen molar-refractivity contribution in [2.45, 2.75) is 33.7 Å². The van der Waals surface area contributed by atoms with E-state index in [0.29, 0.717) is 19.1 Å². The van der Waals surface area contributed by atoms with Crippen molar-refractivity contribution in [1.82, 2.24) is 0 Å². The van der Waals surface area contributed by atoms with Gasteiger partial charge in [0.15, 0.2) is 0 Å². The van der Waals surface area contributed by atoms with Crippen LogP contribution in [0, 0.1) is 11.8 Å². The van der Waals surface area contributed by atoms with Crippen molar-refractivity contribution in [2.24, 2.45) is 17.6 Å². The molecule has 4 heteroatoms. The molecule has 0 rings (SSSR count). The van der Waals surface area contributed by atoms with Crippen molar-refractivity contribution in [3.05, 3.63) is 0 Å². The lowest BCUT2D eigenvalue weighted by atomic mass is 10.1. The quantitative estimate of drug-likeness (QED) is 0.514. The minimum Gasteiger partial charge on any atom is -0.462 e. The Morgan fingerprint density at radius 3 is 2.27 bits per heavy atom. The van der Waals surface area contributed by atoms with E-state index in [-0.39, 0.29) is 18.5 Å². The molecule has 0 aromatic rings. The number of nitrogens with two attached hydrogens (primary N) is 1. The third kappa shape index (κ3) is 7.33. The molecule has 0 spiro atoms. The van der Waals surface area contributed by atoms with Crippen molar-refractivity contribution < 1.29 is 14.3 Å². The molecule has 0 amide bonds. The van der Waals surface area contributed by atoms with Crippen LogP contribution in [0.2, 0.25) is 0 Å². The second-order valence-electron chi connectivity index (χ2n) is 4.41. The third-order valence-electron chi connectivity index (χ3n) is 1.91. The van der Waals surface area contributed by atoms with Gasteiger partial charge in [-0.25, -0.2) is 0 Å². The Kier molecular flexibility index (Phi) is 7.34. The van der Waals surface area contributed by atoms with Gasteiger partial charge in [0, 0.05) is 6.61 Å². The smallest absolute Gasteiger partial charge is 0.323 e. The maximum Gasteiger partial charge on any atom is 0.323 e. The predicted octanol–water partition coefficient (Wildman–Crippen LogP) is 1.19. The number of rotatable bonds is 7. The Hall–Kier alpha value is -0.610. The van der Waals surface area contributed by atoms with Gasteiger partial charge in [-0.2, -0.15) is 0 Å². The lowest BCUT2D eigenvalue weighted by molar-refractivity contribution is -0.147. The van der Waals surface area contributed by atoms with Crippen molar-refractivity contribution in [2.75, 3.05) is 19.8 Å². The van der Waals surface area contributed by atoms with Gasteiger partial charge in [0.05, 0.1) is 6.61 Å². The van der Waals surface area contributed by atoms with E-state index in [1.54, 1.807) is 0 Å². The number of carbonyl (C=O) groups excluding carboxylic acids is 1. The van der Waals surface area contributed by atoms with Crippen LogP contribution in [0.1, 0.15) is 27.7 Å². The van der Waals surface area contributed by atoms with Crippen molar-refractivity contribution in [1.29, 1.82) is 0 Å². The second kappa shape index (κ2) is 7.65. The fraction of sp³-hybridized carbons (Fsp3) is 0.909. The van der Waals surface area contributed by atoms with Gasteiger partial charge in [-0.3, -0.25) is 4.79 Å². The average molecular weight is 217 g/mol. The van der Waals surface area contributed by atoms with E-state index in [4.69, 9.17) is 15.2 Å². The van der Waals surface area contributed by atoms with Gasteiger partial charge in [-0.1, -0.05) is 27.7 Å². The number of esters is 1. The van der Waals surface area contributed by atoms with Crippen LogP contribution in [-0.4, -0.2) is 31.8 Å². The van der Waals surface area contributed by atoms with E-state index in [9.17, 15) is 4.79 Å². The molecule has 4 nitrogen and oxygen atoms in total. The Bertz CT molecular complexity index is 181. The zero-order valence-corrected chi connectivity index (χ0v) is 10.2. The van der Waals surface area contributed by atoms with E-state index in [1.807, 2.05) is 13.8 Å². The fourth-order valence-electron chi connectivity index (χ4n) is 0.889. The summed E-state index contributed by atoms with van der Waals surface area (Å²) in [5.41, 5.74) is 5.61. The summed E-state index contributed by atoms with van der Waals surface area (Å²) in [4.78, 5) is 11.3. The number of hydrogen-bond donors (Lipinski definition) is 1. The molecule has 15 heavy (non-hydrogen) atoms. The van der Waals surface area contributed by atoms with Crippen molar-refractivity contribution in [3.63, 3.8) is 0 Å². The first kappa shape index (κ1) is 14.4. The minimum absolute atomic E-state index is 0.106. The van der Waals surface area contributed by atoms with Crippen LogP contribution in [0.4, 0.5) is 0 Å². The molecule has 0 bridgehead atoms. The molecule has 0 aliphatic heterocycles. The Morgan fingerprint density at radius 2 is 1.80 bits per heavy atom. The molecule has 0 aromatic heterocycles. The highest BCUT2D eigenvalue weighted by molar-refractivity contribution is 5.75. The number of ether oxygens (including phenoxy) is 2. The summed E-state index contributed by atoms with van der Waals surface area (Å²) in [5, 5.41) is 0. The summed E-state index contributed by atoms with van der Waals surface area (Å²) in [7, 11) is 0. The standard InChI is InChI=1S/C11H23NO3/c1-8(2)7-14-5-6-15-11(13)10(12)9(3)4/h8-10H,5-7,12H2,1-4H3/t10-/m1/s1. The largest absolute Gasteiger partial charge is 0.462 e. The van der Waals surface area contributed by atoms with Crippen molar-refractivity contribution in [3.8, 4) is 0 Å². The summed E-state index contributed by atoms with van der Waals surface area (Å²) in [6, 6.07) is -0.532. The predicted molar refractivity (Wildman–Crippen MR) is 59.4 cm³/mol. The maximum atomic E-state index is 11.3. The second-order valence-corrected chi connectivity index (χ2v) is 4.41. The van der Waals surface area contributed by atoms with Crippen LogP contribution in [0.15, 0.2) is 0 Å². The van der Waals surface area contributed by atoms with Gasteiger partial charge in [-0.05, 0) is 11.8 Å². The molecule has 0 saturated heterocycles. The lowest BCUT2D eigenvalue weighted by Gasteiger charge is -2.14. The normalized spacial score (nSPS) is 13.3. The van der Waals surface area contributed by atoms with Gasteiger partial charge in [-0.15, -0.1) is 0 Å². The van der Waals surface area contributed by atoms with Crippen LogP contribution in [0.25, 0.3) is 0 Å². The van der Waals surface area contributed by atoms with E-state index in [0.717, 1.165) is 0 Å². The molecule has 0 heterocycles. The van der Waals surface area contributed by atoms with Gasteiger partial charge in [0.1, 0.15) is 12.6 Å². The Labute approximate surface area is 92.1 Å². The summed E-state index contributed by atoms with van der Waals surface area (Å²) in [6.07, 6.45) is 0. The van der Waals surface area contributed by atoms with Crippen LogP contribution >= 0.6 is 0 Å². The van der Waals surface area contributed by atoms with Crippen LogP contribution < -0.4 is 5.73 Å². The monoisotopic (exact) mass is 217 g/mol. The van der Waals surface area contributed by atoms with E-state index in [2.05, 4.69) is 13.8 Å². The maximum absolute atomic E-state index is 11.3. The molecule has 0 aliphatic rings. The first-order chi connectivity index (χ1) is 6.95. The lowest BCUT2D eigenvalue weighted by Crippen LogP contribution is -2.37. The van der Waals surface area contributed by atoms with E-state index >= 15 is 0 Å². The van der Waals surface area contributed by atoms with Crippen LogP contribution in [0.5, 0.6) is 0 Å². The molecule has 0 fully saturated rings. The van der Waals surface area contributed by atoms with Gasteiger partial charge in [0.25, 0.3) is 0 Å². The molecule has 0 saturated carbocycles. The number of carbonyl (C=O) groups is 1. The summed E-state index contributed by atoms with van der Waals surface area (Å²) >= 11 is 0. The molecule has 0 unspecified atom stereocenters. The van der Waals surface area contributed by atoms with Crippen LogP contribution in [-0.2, 0) is 14.3 Å². The topological polar surface area (TPSA) is 61.5 Å². The summed E-state index contributed by atoms with van der Waals surface area (Å²) < 4.78 is 10.2. The van der Waals surface area contributed by atoms with Gasteiger partial charge < -0.3 is 15.2 Å². The molecule has 0 radical (unpaired) electrons. The minimum atomic E-state index is -0.532. The fourth-order valence-corrected chi connectivity index (χ4v) is 0.889. The highest BCUT2D eigenvalue weighted by Gasteiger charge is 2.18. The molecule has 90 valence electrons. The first-order valence-corrected chi connectivity index (χ1v) is 5.45. The van der Waals surface area contributed by atoms with E-state index in [1.165, 1.54) is 0 Å². The molecule has 1 atom stereocenters. The summed E-state index contributed by atoms with van der Waals surface area (Å²) in [6.45, 7) is 9.33. The highest BCUT2D eigenvalue weighted by Crippen LogP contribution is 2.00. The Balaban J connectivity index is 3.47. The molecular formula is C11H23NO3. The molecule has 0 aromatic carbocycles. The summed E-state index contributed by atoms with van der Waals surface area (Å²) in [5.74, 6) is 0.255. The zero-order valence-electron chi connectivity index (χ0n) is 10.2. The third-order valence-corrected chi connectivity index (χ3v) is 1.91. The SMILES string of the molecule is CC(C)COCCOC(=O)[C@H](N)C(C)C. The van der Waals surface area contributed by atoms with Crippen LogP contribution in [0.3, 0.4) is 0 Å². The van der Waals surface area contributed by atoms with E-state index < -0.39 is 6.04 Å². The number of hydrogen-bond acceptors (Lipinski definition) is 4. The molecular weight excluding hydrogens is 194 g/mol. The molecule has 0 aliphatic carbocycles. The zero-order chi connectivity index (χ0) is 11.8. The highest BCUT2D eigenvalue weighted by atomic mass is 16.6. The average Bonchev–Trinajstić information content (AvgIpc) is 2.15. The first-order valence-electron chi connectivity index (χ1n) is 5.45. The van der Waals surface area contributed by atoms with Gasteiger partial charge in [0.2, 0.25) is 0 Å².